The van der Waals surface area contributed by atoms with Crippen molar-refractivity contribution in [1.29, 1.82) is 0 Å². The second-order valence-electron chi connectivity index (χ2n) is 6.39. The monoisotopic (exact) mass is 391 g/mol. The van der Waals surface area contributed by atoms with Gasteiger partial charge < -0.3 is 0 Å². The lowest BCUT2D eigenvalue weighted by Gasteiger charge is -2.03. The quantitative estimate of drug-likeness (QED) is 0.690. The number of rotatable bonds is 6. The molecule has 1 amide bonds. The van der Waals surface area contributed by atoms with Gasteiger partial charge in [-0.3, -0.25) is 19.5 Å². The number of aryl methyl sites for hydroxylation is 2. The van der Waals surface area contributed by atoms with E-state index >= 15 is 0 Å². The summed E-state index contributed by atoms with van der Waals surface area (Å²) >= 11 is 2.59. The van der Waals surface area contributed by atoms with Crippen LogP contribution in [0.2, 0.25) is 0 Å². The average molecular weight is 392 g/mol. The topological polar surface area (TPSA) is 89.8 Å². The fourth-order valence-electron chi connectivity index (χ4n) is 2.54. The Morgan fingerprint density at radius 3 is 2.73 bits per heavy atom. The van der Waals surface area contributed by atoms with E-state index in [2.05, 4.69) is 27.4 Å². The smallest absolute Gasteiger partial charge is 0.267 e. The maximum atomic E-state index is 12.7. The number of hydrogen-bond donors (Lipinski definition) is 1. The first-order valence-electron chi connectivity index (χ1n) is 8.55. The molecule has 3 rings (SSSR count). The maximum Gasteiger partial charge on any atom is 0.267 e. The van der Waals surface area contributed by atoms with E-state index in [0.717, 1.165) is 17.8 Å². The molecule has 138 valence electrons. The van der Waals surface area contributed by atoms with E-state index in [1.807, 2.05) is 13.8 Å². The molecule has 0 spiro atoms. The summed E-state index contributed by atoms with van der Waals surface area (Å²) in [6.07, 6.45) is 3.48. The molecule has 0 aliphatic heterocycles. The average Bonchev–Trinajstić information content (AvgIpc) is 3.19. The molecule has 0 unspecified atom stereocenters. The van der Waals surface area contributed by atoms with Crippen LogP contribution in [0.5, 0.6) is 0 Å². The van der Waals surface area contributed by atoms with Crippen LogP contribution in [-0.2, 0) is 6.54 Å². The van der Waals surface area contributed by atoms with E-state index in [-0.39, 0.29) is 17.4 Å². The standard InChI is InChI=1S/C17H21N5O2S2/c1-5-6-7-22-8-18-15-11(16(22)24)10(4)12(25-15)13(23)19-17-21-20-14(26-17)9(2)3/h8-9H,5-7H2,1-4H3,(H,19,21,23). The van der Waals surface area contributed by atoms with E-state index in [9.17, 15) is 9.59 Å². The van der Waals surface area contributed by atoms with Crippen molar-refractivity contribution in [3.8, 4) is 0 Å². The predicted octanol–water partition coefficient (Wildman–Crippen LogP) is 3.79. The van der Waals surface area contributed by atoms with Crippen molar-refractivity contribution < 1.29 is 4.79 Å². The Balaban J connectivity index is 1.92. The third kappa shape index (κ3) is 3.54. The van der Waals surface area contributed by atoms with Gasteiger partial charge >= 0.3 is 0 Å². The number of unbranched alkanes of at least 4 members (excludes halogenated alkanes) is 1. The first kappa shape index (κ1) is 18.7. The van der Waals surface area contributed by atoms with Crippen LogP contribution in [0, 0.1) is 6.92 Å². The fraction of sp³-hybridized carbons (Fsp3) is 0.471. The number of nitrogens with one attached hydrogen (secondary N) is 1. The molecule has 0 fully saturated rings. The lowest BCUT2D eigenvalue weighted by Crippen LogP contribution is -2.20. The van der Waals surface area contributed by atoms with Crippen LogP contribution in [0.1, 0.15) is 59.8 Å². The maximum absolute atomic E-state index is 12.7. The minimum atomic E-state index is -0.281. The van der Waals surface area contributed by atoms with Gasteiger partial charge in [0.05, 0.1) is 16.6 Å². The van der Waals surface area contributed by atoms with Crippen LogP contribution < -0.4 is 10.9 Å². The van der Waals surface area contributed by atoms with E-state index in [4.69, 9.17) is 0 Å². The number of fused-ring (bicyclic) bond motifs is 1. The first-order valence-corrected chi connectivity index (χ1v) is 10.2. The molecule has 0 bridgehead atoms. The highest BCUT2D eigenvalue weighted by atomic mass is 32.1. The van der Waals surface area contributed by atoms with Gasteiger partial charge in [-0.05, 0) is 18.9 Å². The summed E-state index contributed by atoms with van der Waals surface area (Å²) < 4.78 is 1.62. The molecule has 0 radical (unpaired) electrons. The summed E-state index contributed by atoms with van der Waals surface area (Å²) in [6.45, 7) is 8.56. The lowest BCUT2D eigenvalue weighted by molar-refractivity contribution is 0.103. The highest BCUT2D eigenvalue weighted by Crippen LogP contribution is 2.29. The van der Waals surface area contributed by atoms with Crippen molar-refractivity contribution in [2.45, 2.75) is 53.0 Å². The second kappa shape index (κ2) is 7.63. The third-order valence-electron chi connectivity index (χ3n) is 4.03. The van der Waals surface area contributed by atoms with Gasteiger partial charge in [-0.2, -0.15) is 0 Å². The van der Waals surface area contributed by atoms with Gasteiger partial charge in [0, 0.05) is 12.5 Å². The summed E-state index contributed by atoms with van der Waals surface area (Å²) in [5.41, 5.74) is 0.578. The van der Waals surface area contributed by atoms with Gasteiger partial charge in [0.15, 0.2) is 0 Å². The molecular weight excluding hydrogens is 370 g/mol. The van der Waals surface area contributed by atoms with Crippen LogP contribution in [0.25, 0.3) is 10.2 Å². The second-order valence-corrected chi connectivity index (χ2v) is 8.40. The molecule has 7 nitrogen and oxygen atoms in total. The Morgan fingerprint density at radius 1 is 1.31 bits per heavy atom. The molecule has 0 saturated carbocycles. The number of amides is 1. The summed E-state index contributed by atoms with van der Waals surface area (Å²) in [7, 11) is 0. The molecule has 3 heterocycles. The molecule has 3 aromatic rings. The summed E-state index contributed by atoms with van der Waals surface area (Å²) in [4.78, 5) is 30.8. The molecule has 0 aliphatic rings. The van der Waals surface area contributed by atoms with Crippen LogP contribution in [0.15, 0.2) is 11.1 Å². The molecule has 0 saturated heterocycles. The highest BCUT2D eigenvalue weighted by molar-refractivity contribution is 7.21. The van der Waals surface area contributed by atoms with Crippen molar-refractivity contribution >= 4 is 43.9 Å². The zero-order valence-electron chi connectivity index (χ0n) is 15.2. The minimum absolute atomic E-state index is 0.0886. The summed E-state index contributed by atoms with van der Waals surface area (Å²) in [6, 6.07) is 0. The number of thiophene rings is 1. The Labute approximate surface area is 159 Å². The number of carbonyl (C=O) groups excluding carboxylic acids is 1. The van der Waals surface area contributed by atoms with Gasteiger partial charge in [-0.1, -0.05) is 38.5 Å². The number of carbonyl (C=O) groups is 1. The Bertz CT molecular complexity index is 1000. The Kier molecular flexibility index (Phi) is 5.47. The van der Waals surface area contributed by atoms with Crippen LogP contribution >= 0.6 is 22.7 Å². The largest absolute Gasteiger partial charge is 0.299 e. The molecule has 0 aromatic carbocycles. The van der Waals surface area contributed by atoms with Crippen LogP contribution in [0.4, 0.5) is 5.13 Å². The van der Waals surface area contributed by atoms with Gasteiger partial charge in [0.25, 0.3) is 11.5 Å². The van der Waals surface area contributed by atoms with Crippen molar-refractivity contribution in [2.24, 2.45) is 0 Å². The number of aromatic nitrogens is 4. The third-order valence-corrected chi connectivity index (χ3v) is 6.37. The molecule has 0 atom stereocenters. The van der Waals surface area contributed by atoms with Gasteiger partial charge in [-0.25, -0.2) is 4.98 Å². The number of anilines is 1. The van der Waals surface area contributed by atoms with Gasteiger partial charge in [-0.15, -0.1) is 21.5 Å². The predicted molar refractivity (Wildman–Crippen MR) is 105 cm³/mol. The van der Waals surface area contributed by atoms with E-state index in [1.54, 1.807) is 17.8 Å². The van der Waals surface area contributed by atoms with E-state index in [1.165, 1.54) is 22.7 Å². The Morgan fingerprint density at radius 2 is 2.08 bits per heavy atom. The van der Waals surface area contributed by atoms with Gasteiger partial charge in [0.2, 0.25) is 5.13 Å². The number of hydrogen-bond acceptors (Lipinski definition) is 7. The highest BCUT2D eigenvalue weighted by Gasteiger charge is 2.20. The van der Waals surface area contributed by atoms with Gasteiger partial charge in [0.1, 0.15) is 9.84 Å². The van der Waals surface area contributed by atoms with Crippen molar-refractivity contribution in [3.05, 3.63) is 32.1 Å². The summed E-state index contributed by atoms with van der Waals surface area (Å²) in [5, 5.41) is 12.7. The SMILES string of the molecule is CCCCn1cnc2sc(C(=O)Nc3nnc(C(C)C)s3)c(C)c2c1=O. The van der Waals surface area contributed by atoms with E-state index in [0.29, 0.717) is 32.3 Å². The van der Waals surface area contributed by atoms with Crippen LogP contribution in [0.3, 0.4) is 0 Å². The zero-order valence-corrected chi connectivity index (χ0v) is 16.8. The Hall–Kier alpha value is -2.13. The fourth-order valence-corrected chi connectivity index (χ4v) is 4.31. The first-order chi connectivity index (χ1) is 12.4. The zero-order chi connectivity index (χ0) is 18.8. The molecule has 0 aliphatic carbocycles. The van der Waals surface area contributed by atoms with E-state index < -0.39 is 0 Å². The molecular formula is C17H21N5O2S2. The number of nitrogens with zero attached hydrogens (tertiary/aromatic N) is 4. The molecule has 26 heavy (non-hydrogen) atoms. The normalized spacial score (nSPS) is 11.4. The molecule has 1 N–H and O–H groups in total. The lowest BCUT2D eigenvalue weighted by atomic mass is 10.2. The minimum Gasteiger partial charge on any atom is -0.299 e. The molecule has 3 aromatic heterocycles. The molecule has 9 heteroatoms. The van der Waals surface area contributed by atoms with Crippen molar-refractivity contribution in [3.63, 3.8) is 0 Å². The summed E-state index contributed by atoms with van der Waals surface area (Å²) in [5.74, 6) is -0.0218. The van der Waals surface area contributed by atoms with Crippen molar-refractivity contribution in [2.75, 3.05) is 5.32 Å². The van der Waals surface area contributed by atoms with Crippen molar-refractivity contribution in [1.82, 2.24) is 19.7 Å². The van der Waals surface area contributed by atoms with Crippen LogP contribution in [-0.4, -0.2) is 25.7 Å².